The summed E-state index contributed by atoms with van der Waals surface area (Å²) < 4.78 is 7.73. The molecule has 2 heterocycles. The first-order valence-electron chi connectivity index (χ1n) is 10.1. The van der Waals surface area contributed by atoms with Gasteiger partial charge in [0, 0.05) is 40.8 Å². The molecule has 1 saturated carbocycles. The molecule has 0 amide bonds. The molecule has 1 aliphatic rings. The number of nitro groups is 1. The van der Waals surface area contributed by atoms with E-state index in [1.165, 1.54) is 30.2 Å². The van der Waals surface area contributed by atoms with Crippen LogP contribution in [0.15, 0.2) is 40.9 Å². The molecule has 1 aromatic carbocycles. The maximum Gasteiger partial charge on any atom is 0.270 e. The van der Waals surface area contributed by atoms with Crippen molar-refractivity contribution in [3.63, 3.8) is 0 Å². The highest BCUT2D eigenvalue weighted by Crippen LogP contribution is 2.36. The summed E-state index contributed by atoms with van der Waals surface area (Å²) in [6.45, 7) is 0. The molecule has 0 N–H and O–H groups in total. The molecule has 0 aliphatic heterocycles. The number of methoxy groups -OCH3 is 1. The molecule has 0 bridgehead atoms. The van der Waals surface area contributed by atoms with Crippen LogP contribution in [0.5, 0.6) is 5.75 Å². The quantitative estimate of drug-likeness (QED) is 0.254. The average molecular weight is 445 g/mol. The van der Waals surface area contributed by atoms with Gasteiger partial charge < -0.3 is 9.30 Å². The first kappa shape index (κ1) is 20.9. The zero-order chi connectivity index (χ0) is 20.9. The number of benzene rings is 1. The van der Waals surface area contributed by atoms with E-state index in [0.717, 1.165) is 35.8 Å². The predicted octanol–water partition coefficient (Wildman–Crippen LogP) is 5.64. The molecule has 3 aromatic rings. The van der Waals surface area contributed by atoms with E-state index in [0.29, 0.717) is 17.5 Å². The predicted molar refractivity (Wildman–Crippen MR) is 118 cm³/mol. The van der Waals surface area contributed by atoms with Crippen LogP contribution in [0.3, 0.4) is 0 Å². The van der Waals surface area contributed by atoms with Crippen molar-refractivity contribution in [2.45, 2.75) is 55.5 Å². The molecule has 9 heteroatoms. The molecule has 1 fully saturated rings. The SMILES string of the molecule is COc1ccc([N+](=O)[O-])cc1CSc1nnc(Cc2cccs2)n1C1CCCCC1. The second-order valence-corrected chi connectivity index (χ2v) is 9.33. The molecule has 1 aliphatic carbocycles. The number of thioether (sulfide) groups is 1. The first-order valence-corrected chi connectivity index (χ1v) is 11.9. The second-order valence-electron chi connectivity index (χ2n) is 7.36. The lowest BCUT2D eigenvalue weighted by molar-refractivity contribution is -0.384. The van der Waals surface area contributed by atoms with Crippen molar-refractivity contribution in [3.8, 4) is 5.75 Å². The second kappa shape index (κ2) is 9.61. The fourth-order valence-electron chi connectivity index (χ4n) is 3.94. The summed E-state index contributed by atoms with van der Waals surface area (Å²) >= 11 is 3.30. The summed E-state index contributed by atoms with van der Waals surface area (Å²) in [5.41, 5.74) is 0.855. The average Bonchev–Trinajstić information content (AvgIpc) is 3.43. The topological polar surface area (TPSA) is 83.1 Å². The van der Waals surface area contributed by atoms with Gasteiger partial charge in [-0.3, -0.25) is 10.1 Å². The number of aromatic nitrogens is 3. The molecule has 0 radical (unpaired) electrons. The van der Waals surface area contributed by atoms with Gasteiger partial charge in [0.25, 0.3) is 5.69 Å². The maximum absolute atomic E-state index is 11.2. The Hall–Kier alpha value is -2.39. The van der Waals surface area contributed by atoms with Crippen LogP contribution in [-0.4, -0.2) is 26.8 Å². The van der Waals surface area contributed by atoms with Crippen LogP contribution in [-0.2, 0) is 12.2 Å². The van der Waals surface area contributed by atoms with E-state index in [1.807, 2.05) is 0 Å². The van der Waals surface area contributed by atoms with Crippen LogP contribution < -0.4 is 4.74 Å². The van der Waals surface area contributed by atoms with Crippen LogP contribution in [0.1, 0.15) is 54.4 Å². The summed E-state index contributed by atoms with van der Waals surface area (Å²) in [7, 11) is 1.58. The molecule has 0 unspecified atom stereocenters. The standard InChI is InChI=1S/C21H24N4O3S2/c1-28-19-10-9-17(25(26)27)12-15(19)14-30-21-23-22-20(13-18-8-5-11-29-18)24(21)16-6-3-2-4-7-16/h5,8-12,16H,2-4,6-7,13-14H2,1H3. The number of hydrogen-bond donors (Lipinski definition) is 0. The zero-order valence-electron chi connectivity index (χ0n) is 16.8. The van der Waals surface area contributed by atoms with Gasteiger partial charge in [0.05, 0.1) is 12.0 Å². The van der Waals surface area contributed by atoms with Crippen LogP contribution >= 0.6 is 23.1 Å². The molecule has 4 rings (SSSR count). The maximum atomic E-state index is 11.2. The Bertz CT molecular complexity index is 998. The minimum atomic E-state index is -0.378. The van der Waals surface area contributed by atoms with E-state index < -0.39 is 0 Å². The van der Waals surface area contributed by atoms with Gasteiger partial charge in [-0.15, -0.1) is 21.5 Å². The van der Waals surface area contributed by atoms with Gasteiger partial charge in [-0.2, -0.15) is 0 Å². The minimum absolute atomic E-state index is 0.0681. The van der Waals surface area contributed by atoms with Crippen molar-refractivity contribution in [2.24, 2.45) is 0 Å². The van der Waals surface area contributed by atoms with Crippen LogP contribution in [0, 0.1) is 10.1 Å². The number of hydrogen-bond acceptors (Lipinski definition) is 7. The molecule has 0 spiro atoms. The Morgan fingerprint density at radius 2 is 2.10 bits per heavy atom. The summed E-state index contributed by atoms with van der Waals surface area (Å²) in [4.78, 5) is 12.1. The summed E-state index contributed by atoms with van der Waals surface area (Å²) in [5, 5.41) is 23.2. The number of rotatable bonds is 8. The normalized spacial score (nSPS) is 14.7. The van der Waals surface area contributed by atoms with Crippen LogP contribution in [0.25, 0.3) is 0 Å². The van der Waals surface area contributed by atoms with Gasteiger partial charge in [-0.1, -0.05) is 37.1 Å². The molecule has 0 saturated heterocycles. The lowest BCUT2D eigenvalue weighted by atomic mass is 9.95. The summed E-state index contributed by atoms with van der Waals surface area (Å²) in [5.74, 6) is 2.18. The van der Waals surface area contributed by atoms with Crippen molar-refractivity contribution in [1.29, 1.82) is 0 Å². The third-order valence-electron chi connectivity index (χ3n) is 5.42. The highest BCUT2D eigenvalue weighted by molar-refractivity contribution is 7.98. The van der Waals surface area contributed by atoms with Gasteiger partial charge >= 0.3 is 0 Å². The Labute approximate surface area is 183 Å². The number of thiophene rings is 1. The molecule has 30 heavy (non-hydrogen) atoms. The lowest BCUT2D eigenvalue weighted by Crippen LogP contribution is -2.16. The summed E-state index contributed by atoms with van der Waals surface area (Å²) in [6.07, 6.45) is 6.80. The molecule has 2 aromatic heterocycles. The van der Waals surface area contributed by atoms with Crippen molar-refractivity contribution >= 4 is 28.8 Å². The fourth-order valence-corrected chi connectivity index (χ4v) is 5.64. The van der Waals surface area contributed by atoms with Gasteiger partial charge in [0.2, 0.25) is 0 Å². The Kier molecular flexibility index (Phi) is 6.69. The fraction of sp³-hybridized carbons (Fsp3) is 0.429. The monoisotopic (exact) mass is 444 g/mol. The van der Waals surface area contributed by atoms with E-state index in [1.54, 1.807) is 42.3 Å². The summed E-state index contributed by atoms with van der Waals surface area (Å²) in [6, 6.07) is 9.31. The molecule has 0 atom stereocenters. The van der Waals surface area contributed by atoms with Gasteiger partial charge in [-0.25, -0.2) is 0 Å². The van der Waals surface area contributed by atoms with E-state index >= 15 is 0 Å². The highest BCUT2D eigenvalue weighted by Gasteiger charge is 2.24. The minimum Gasteiger partial charge on any atom is -0.496 e. The Balaban J connectivity index is 1.60. The van der Waals surface area contributed by atoms with Crippen LogP contribution in [0.2, 0.25) is 0 Å². The van der Waals surface area contributed by atoms with Crippen LogP contribution in [0.4, 0.5) is 5.69 Å². The number of nitrogens with zero attached hydrogens (tertiary/aromatic N) is 4. The van der Waals surface area contributed by atoms with Gasteiger partial charge in [-0.05, 0) is 30.4 Å². The van der Waals surface area contributed by atoms with Crippen molar-refractivity contribution in [3.05, 3.63) is 62.1 Å². The van der Waals surface area contributed by atoms with E-state index in [2.05, 4.69) is 32.3 Å². The van der Waals surface area contributed by atoms with Crippen molar-refractivity contribution in [2.75, 3.05) is 7.11 Å². The van der Waals surface area contributed by atoms with Crippen molar-refractivity contribution < 1.29 is 9.66 Å². The lowest BCUT2D eigenvalue weighted by Gasteiger charge is -2.25. The zero-order valence-corrected chi connectivity index (χ0v) is 18.5. The van der Waals surface area contributed by atoms with E-state index in [9.17, 15) is 10.1 Å². The molecule has 158 valence electrons. The van der Waals surface area contributed by atoms with E-state index in [4.69, 9.17) is 4.74 Å². The molecular formula is C21H24N4O3S2. The highest BCUT2D eigenvalue weighted by atomic mass is 32.2. The molecular weight excluding hydrogens is 420 g/mol. The number of ether oxygens (including phenoxy) is 1. The third-order valence-corrected chi connectivity index (χ3v) is 7.29. The first-order chi connectivity index (χ1) is 14.7. The Morgan fingerprint density at radius 3 is 2.80 bits per heavy atom. The van der Waals surface area contributed by atoms with E-state index in [-0.39, 0.29) is 10.6 Å². The molecule has 7 nitrogen and oxygen atoms in total. The van der Waals surface area contributed by atoms with Gasteiger partial charge in [0.1, 0.15) is 11.6 Å². The third kappa shape index (κ3) is 4.67. The number of non-ortho nitro benzene ring substituents is 1. The largest absolute Gasteiger partial charge is 0.496 e. The number of nitro benzene ring substituents is 1. The Morgan fingerprint density at radius 1 is 1.27 bits per heavy atom. The van der Waals surface area contributed by atoms with Crippen molar-refractivity contribution in [1.82, 2.24) is 14.8 Å². The van der Waals surface area contributed by atoms with Gasteiger partial charge in [0.15, 0.2) is 5.16 Å². The smallest absolute Gasteiger partial charge is 0.270 e.